The molecule has 94 heavy (non-hydrogen) atoms. The second kappa shape index (κ2) is 63.1. The van der Waals surface area contributed by atoms with Gasteiger partial charge in [0.05, 0.1) is 32.0 Å². The maximum atomic E-state index is 13.3. The van der Waals surface area contributed by atoms with Gasteiger partial charge in [0.1, 0.15) is 48.8 Å². The van der Waals surface area contributed by atoms with Gasteiger partial charge in [-0.15, -0.1) is 0 Å². The SMILES string of the molecule is CC/C=C\C/C=C\C/C=C\C/C=C\C/C=C\C/C=C\C/C=C\CCCCCCCCCCCCCCCCCCCCCC(=O)NC(COC1OC(CO)C(OC2OC(CO)C(O)C(O)C2O)C(O)C1O)C(O)/C=C/CC/C=C/CCCCCCCCCCCCCCC. The molecule has 2 aliphatic heterocycles. The van der Waals surface area contributed by atoms with Gasteiger partial charge < -0.3 is 65.1 Å². The van der Waals surface area contributed by atoms with Crippen molar-refractivity contribution in [2.75, 3.05) is 19.8 Å². The van der Waals surface area contributed by atoms with E-state index in [4.69, 9.17) is 18.9 Å². The third kappa shape index (κ3) is 46.0. The van der Waals surface area contributed by atoms with E-state index < -0.39 is 86.8 Å². The minimum absolute atomic E-state index is 0.248. The molecule has 12 unspecified atom stereocenters. The van der Waals surface area contributed by atoms with Crippen LogP contribution in [0.3, 0.4) is 0 Å². The van der Waals surface area contributed by atoms with Crippen LogP contribution in [0.2, 0.25) is 0 Å². The Hall–Kier alpha value is -3.35. The van der Waals surface area contributed by atoms with Gasteiger partial charge in [-0.05, 0) is 89.9 Å². The Morgan fingerprint density at radius 1 is 0.394 bits per heavy atom. The molecule has 2 heterocycles. The molecule has 0 radical (unpaired) electrons. The molecule has 2 rings (SSSR count). The maximum absolute atomic E-state index is 13.3. The molecular weight excluding hydrogens is 1180 g/mol. The van der Waals surface area contributed by atoms with Crippen LogP contribution in [0.1, 0.15) is 296 Å². The van der Waals surface area contributed by atoms with E-state index in [0.29, 0.717) is 12.8 Å². The van der Waals surface area contributed by atoms with Crippen LogP contribution >= 0.6 is 0 Å². The average Bonchev–Trinajstić information content (AvgIpc) is 0.794. The second-order valence-corrected chi connectivity index (χ2v) is 26.4. The summed E-state index contributed by atoms with van der Waals surface area (Å²) in [5.41, 5.74) is 0. The molecule has 12 atom stereocenters. The lowest BCUT2D eigenvalue weighted by Gasteiger charge is -2.46. The fourth-order valence-corrected chi connectivity index (χ4v) is 11.9. The lowest BCUT2D eigenvalue weighted by atomic mass is 9.97. The van der Waals surface area contributed by atoms with Gasteiger partial charge in [0.25, 0.3) is 0 Å². The second-order valence-electron chi connectivity index (χ2n) is 26.4. The molecule has 0 spiro atoms. The molecule has 0 aromatic rings. The van der Waals surface area contributed by atoms with E-state index >= 15 is 0 Å². The highest BCUT2D eigenvalue weighted by molar-refractivity contribution is 5.76. The fraction of sp³-hybridized carbons (Fsp3) is 0.762. The first-order valence-corrected chi connectivity index (χ1v) is 38.1. The first kappa shape index (κ1) is 86.7. The molecule has 2 aliphatic rings. The van der Waals surface area contributed by atoms with Crippen molar-refractivity contribution in [2.24, 2.45) is 0 Å². The van der Waals surface area contributed by atoms with Gasteiger partial charge in [-0.1, -0.05) is 309 Å². The van der Waals surface area contributed by atoms with Crippen LogP contribution in [0.4, 0.5) is 0 Å². The van der Waals surface area contributed by atoms with Gasteiger partial charge in [0.15, 0.2) is 12.6 Å². The number of aliphatic hydroxyl groups excluding tert-OH is 8. The summed E-state index contributed by atoms with van der Waals surface area (Å²) in [6.45, 7) is 2.69. The first-order valence-electron chi connectivity index (χ1n) is 38.1. The topological polar surface area (TPSA) is 228 Å². The predicted molar refractivity (Wildman–Crippen MR) is 387 cm³/mol. The van der Waals surface area contributed by atoms with Gasteiger partial charge in [-0.3, -0.25) is 4.79 Å². The summed E-state index contributed by atoms with van der Waals surface area (Å²) < 4.78 is 22.9. The third-order valence-electron chi connectivity index (χ3n) is 17.9. The Morgan fingerprint density at radius 2 is 0.745 bits per heavy atom. The molecule has 2 fully saturated rings. The molecule has 14 nitrogen and oxygen atoms in total. The normalized spacial score (nSPS) is 23.1. The van der Waals surface area contributed by atoms with Crippen LogP contribution in [0.25, 0.3) is 0 Å². The van der Waals surface area contributed by atoms with Crippen LogP contribution in [0, 0.1) is 0 Å². The number of hydrogen-bond acceptors (Lipinski definition) is 13. The number of ether oxygens (including phenoxy) is 4. The van der Waals surface area contributed by atoms with Crippen molar-refractivity contribution in [1.29, 1.82) is 0 Å². The summed E-state index contributed by atoms with van der Waals surface area (Å²) in [5.74, 6) is -0.248. The summed E-state index contributed by atoms with van der Waals surface area (Å²) in [6.07, 6.45) is 74.5. The van der Waals surface area contributed by atoms with Crippen molar-refractivity contribution >= 4 is 5.91 Å². The molecule has 0 bridgehead atoms. The van der Waals surface area contributed by atoms with E-state index in [9.17, 15) is 45.6 Å². The standard InChI is InChI=1S/C80H139NO13/c1-3-5-7-9-11-13-15-17-19-21-23-24-25-26-27-28-29-30-31-32-33-34-35-36-37-38-39-40-41-42-43-44-46-48-50-52-54-56-58-60-62-64-72(85)81-68(69(84)63-61-59-57-55-53-51-49-47-45-22-20-18-16-14-12-10-8-6-4-2)67-91-79-77(90)75(88)78(71(66-83)93-79)94-80-76(89)74(87)73(86)70(65-82)92-80/h5,7,11,13,17,19,23-24,26-27,29-30,32-33,53,55,61,63,68-71,73-80,82-84,86-90H,3-4,6,8-10,12,14-16,18,20-22,25,28,31,34-52,54,56-60,62,64-67H2,1-2H3,(H,81,85)/b7-5-,13-11-,19-17-,24-23-,27-26-,30-29-,33-32-,55-53+,63-61+. The molecule has 0 aromatic carbocycles. The molecule has 542 valence electrons. The third-order valence-corrected chi connectivity index (χ3v) is 17.9. The Morgan fingerprint density at radius 3 is 1.17 bits per heavy atom. The van der Waals surface area contributed by atoms with Crippen LogP contribution in [-0.2, 0) is 23.7 Å². The largest absolute Gasteiger partial charge is 0.394 e. The van der Waals surface area contributed by atoms with E-state index in [0.717, 1.165) is 77.0 Å². The molecule has 2 saturated heterocycles. The molecule has 0 aromatic heterocycles. The van der Waals surface area contributed by atoms with Crippen molar-refractivity contribution < 1.29 is 64.6 Å². The minimum atomic E-state index is -1.79. The van der Waals surface area contributed by atoms with Crippen molar-refractivity contribution in [2.45, 2.75) is 370 Å². The van der Waals surface area contributed by atoms with Crippen LogP contribution in [0.15, 0.2) is 109 Å². The van der Waals surface area contributed by atoms with E-state index in [1.807, 2.05) is 6.08 Å². The number of amides is 1. The molecule has 14 heteroatoms. The zero-order valence-electron chi connectivity index (χ0n) is 59.2. The van der Waals surface area contributed by atoms with E-state index in [1.165, 1.54) is 186 Å². The van der Waals surface area contributed by atoms with E-state index in [-0.39, 0.29) is 18.9 Å². The lowest BCUT2D eigenvalue weighted by molar-refractivity contribution is -0.359. The summed E-state index contributed by atoms with van der Waals surface area (Å²) in [6, 6.07) is -0.936. The number of carbonyl (C=O) groups is 1. The Balaban J connectivity index is 1.59. The quantitative estimate of drug-likeness (QED) is 0.0204. The van der Waals surface area contributed by atoms with Crippen LogP contribution < -0.4 is 5.32 Å². The number of rotatable bonds is 62. The average molecular weight is 1320 g/mol. The zero-order chi connectivity index (χ0) is 68.0. The number of allylic oxidation sites excluding steroid dienone is 17. The van der Waals surface area contributed by atoms with Gasteiger partial charge in [-0.25, -0.2) is 0 Å². The molecular formula is C80H139NO13. The minimum Gasteiger partial charge on any atom is -0.394 e. The number of unbranched alkanes of at least 4 members (excludes halogenated alkanes) is 33. The predicted octanol–water partition coefficient (Wildman–Crippen LogP) is 16.7. The number of carbonyl (C=O) groups excluding carboxylic acids is 1. The van der Waals surface area contributed by atoms with Crippen LogP contribution in [0.5, 0.6) is 0 Å². The van der Waals surface area contributed by atoms with E-state index in [2.05, 4.69) is 116 Å². The number of nitrogens with one attached hydrogen (secondary N) is 1. The lowest BCUT2D eigenvalue weighted by Crippen LogP contribution is -2.65. The van der Waals surface area contributed by atoms with Crippen molar-refractivity contribution in [3.05, 3.63) is 109 Å². The summed E-state index contributed by atoms with van der Waals surface area (Å²) >= 11 is 0. The summed E-state index contributed by atoms with van der Waals surface area (Å²) in [4.78, 5) is 13.3. The van der Waals surface area contributed by atoms with E-state index in [1.54, 1.807) is 6.08 Å². The Labute approximate surface area is 572 Å². The summed E-state index contributed by atoms with van der Waals surface area (Å²) in [7, 11) is 0. The van der Waals surface area contributed by atoms with Crippen molar-refractivity contribution in [3.63, 3.8) is 0 Å². The van der Waals surface area contributed by atoms with Crippen molar-refractivity contribution in [3.8, 4) is 0 Å². The highest BCUT2D eigenvalue weighted by Gasteiger charge is 2.51. The first-order chi connectivity index (χ1) is 46.1. The Bertz CT molecular complexity index is 2000. The van der Waals surface area contributed by atoms with Crippen molar-refractivity contribution in [1.82, 2.24) is 5.32 Å². The molecule has 9 N–H and O–H groups in total. The number of aliphatic hydroxyl groups is 8. The highest BCUT2D eigenvalue weighted by atomic mass is 16.7. The number of hydrogen-bond donors (Lipinski definition) is 9. The molecule has 1 amide bonds. The summed E-state index contributed by atoms with van der Waals surface area (Å²) in [5, 5.41) is 87.5. The van der Waals surface area contributed by atoms with Crippen LogP contribution in [-0.4, -0.2) is 140 Å². The van der Waals surface area contributed by atoms with Gasteiger partial charge >= 0.3 is 0 Å². The van der Waals surface area contributed by atoms with Gasteiger partial charge in [0, 0.05) is 6.42 Å². The maximum Gasteiger partial charge on any atom is 0.220 e. The highest BCUT2D eigenvalue weighted by Crippen LogP contribution is 2.30. The van der Waals surface area contributed by atoms with Gasteiger partial charge in [0.2, 0.25) is 5.91 Å². The molecule has 0 aliphatic carbocycles. The fourth-order valence-electron chi connectivity index (χ4n) is 11.9. The molecule has 0 saturated carbocycles. The van der Waals surface area contributed by atoms with Gasteiger partial charge in [-0.2, -0.15) is 0 Å². The monoisotopic (exact) mass is 1320 g/mol. The Kier molecular flexibility index (Phi) is 58.2. The zero-order valence-corrected chi connectivity index (χ0v) is 59.2. The smallest absolute Gasteiger partial charge is 0.220 e.